The van der Waals surface area contributed by atoms with Crippen LogP contribution in [0.15, 0.2) is 53.4 Å². The molecule has 0 radical (unpaired) electrons. The van der Waals surface area contributed by atoms with Crippen LogP contribution in [0.3, 0.4) is 0 Å². The molecule has 0 saturated carbocycles. The Bertz CT molecular complexity index is 669. The van der Waals surface area contributed by atoms with E-state index in [1.54, 1.807) is 11.8 Å². The van der Waals surface area contributed by atoms with Gasteiger partial charge in [0, 0.05) is 10.5 Å². The zero-order valence-electron chi connectivity index (χ0n) is 12.7. The van der Waals surface area contributed by atoms with Crippen LogP contribution in [0.4, 0.5) is 0 Å². The first-order valence-corrected chi connectivity index (χ1v) is 8.37. The fraction of sp³-hybridized carbons (Fsp3) is 0.278. The van der Waals surface area contributed by atoms with E-state index >= 15 is 0 Å². The minimum absolute atomic E-state index is 0. The van der Waals surface area contributed by atoms with E-state index in [-0.39, 0.29) is 42.5 Å². The van der Waals surface area contributed by atoms with Gasteiger partial charge >= 0.3 is 0 Å². The van der Waals surface area contributed by atoms with Gasteiger partial charge in [-0.3, -0.25) is 0 Å². The molecule has 2 nitrogen and oxygen atoms in total. The highest BCUT2D eigenvalue weighted by Gasteiger charge is 2.35. The second-order valence-electron chi connectivity index (χ2n) is 5.42. The Balaban J connectivity index is 0.00000176. The van der Waals surface area contributed by atoms with Crippen molar-refractivity contribution in [3.8, 4) is 0 Å². The van der Waals surface area contributed by atoms with Gasteiger partial charge in [0.25, 0.3) is 0 Å². The molecule has 0 aromatic heterocycles. The molecule has 0 fully saturated rings. The van der Waals surface area contributed by atoms with Gasteiger partial charge in [-0.25, -0.2) is 4.58 Å². The van der Waals surface area contributed by atoms with Crippen molar-refractivity contribution in [1.82, 2.24) is 0 Å². The van der Waals surface area contributed by atoms with Crippen molar-refractivity contribution in [3.05, 3.63) is 65.2 Å². The Morgan fingerprint density at radius 1 is 1.09 bits per heavy atom. The van der Waals surface area contributed by atoms with Crippen molar-refractivity contribution in [1.29, 1.82) is 0 Å². The lowest BCUT2D eigenvalue weighted by molar-refractivity contribution is -0.541. The summed E-state index contributed by atoms with van der Waals surface area (Å²) in [6.07, 6.45) is 4.22. The number of benzene rings is 2. The van der Waals surface area contributed by atoms with E-state index in [0.717, 1.165) is 0 Å². The van der Waals surface area contributed by atoms with Gasteiger partial charge in [-0.2, -0.15) is 0 Å². The number of aliphatic hydroxyl groups excluding tert-OH is 1. The van der Waals surface area contributed by atoms with E-state index in [4.69, 9.17) is 0 Å². The summed E-state index contributed by atoms with van der Waals surface area (Å²) in [6.45, 7) is 0.149. The van der Waals surface area contributed by atoms with Crippen molar-refractivity contribution in [2.75, 3.05) is 19.9 Å². The van der Waals surface area contributed by atoms with Crippen molar-refractivity contribution >= 4 is 18.0 Å². The lowest BCUT2D eigenvalue weighted by Gasteiger charge is -2.28. The number of hydrogen-bond donors (Lipinski definition) is 1. The van der Waals surface area contributed by atoms with E-state index in [0.29, 0.717) is 0 Å². The molecule has 2 atom stereocenters. The number of halogens is 1. The molecule has 1 aliphatic rings. The van der Waals surface area contributed by atoms with Crippen molar-refractivity contribution in [2.24, 2.45) is 0 Å². The SMILES string of the molecule is CSc1ccc([C@@H]2c3ccccc3C=[N+](C)[C@H]2CO)cc1.[I-]. The van der Waals surface area contributed by atoms with E-state index in [1.807, 2.05) is 7.05 Å². The molecule has 4 heteroatoms. The first-order chi connectivity index (χ1) is 10.2. The zero-order chi connectivity index (χ0) is 14.8. The van der Waals surface area contributed by atoms with Crippen LogP contribution in [0.5, 0.6) is 0 Å². The molecular formula is C18H20INOS. The molecule has 116 valence electrons. The lowest BCUT2D eigenvalue weighted by atomic mass is 9.81. The molecule has 0 unspecified atom stereocenters. The summed E-state index contributed by atoms with van der Waals surface area (Å²) in [4.78, 5) is 1.27. The van der Waals surface area contributed by atoms with E-state index in [1.165, 1.54) is 21.6 Å². The van der Waals surface area contributed by atoms with Crippen molar-refractivity contribution < 1.29 is 33.7 Å². The Kier molecular flexibility index (Phi) is 6.06. The summed E-state index contributed by atoms with van der Waals surface area (Å²) < 4.78 is 2.13. The number of thioether (sulfide) groups is 1. The average Bonchev–Trinajstić information content (AvgIpc) is 2.53. The highest BCUT2D eigenvalue weighted by atomic mass is 127. The molecule has 0 aliphatic carbocycles. The molecule has 0 saturated heterocycles. The maximum absolute atomic E-state index is 9.85. The van der Waals surface area contributed by atoms with E-state index < -0.39 is 0 Å². The Morgan fingerprint density at radius 3 is 2.41 bits per heavy atom. The van der Waals surface area contributed by atoms with Gasteiger partial charge in [0.1, 0.15) is 13.7 Å². The van der Waals surface area contributed by atoms with Crippen molar-refractivity contribution in [3.63, 3.8) is 0 Å². The second kappa shape index (κ2) is 7.62. The Hall–Kier alpha value is -0.850. The van der Waals surface area contributed by atoms with Gasteiger partial charge in [0.15, 0.2) is 12.3 Å². The van der Waals surface area contributed by atoms with Crippen LogP contribution < -0.4 is 24.0 Å². The zero-order valence-corrected chi connectivity index (χ0v) is 15.7. The molecule has 2 aromatic rings. The number of likely N-dealkylation sites (N-methyl/N-ethyl adjacent to an activating group) is 1. The van der Waals surface area contributed by atoms with Gasteiger partial charge in [-0.1, -0.05) is 30.3 Å². The highest BCUT2D eigenvalue weighted by molar-refractivity contribution is 7.98. The van der Waals surface area contributed by atoms with E-state index in [9.17, 15) is 5.11 Å². The summed E-state index contributed by atoms with van der Waals surface area (Å²) in [5.74, 6) is 0.206. The van der Waals surface area contributed by atoms with Gasteiger partial charge in [-0.15, -0.1) is 11.8 Å². The third kappa shape index (κ3) is 3.24. The largest absolute Gasteiger partial charge is 1.00 e. The number of rotatable bonds is 3. The third-order valence-corrected chi connectivity index (χ3v) is 4.99. The minimum atomic E-state index is 0. The van der Waals surface area contributed by atoms with Crippen molar-refractivity contribution in [2.45, 2.75) is 16.9 Å². The molecule has 1 heterocycles. The number of nitrogens with zero attached hydrogens (tertiary/aromatic N) is 1. The van der Waals surface area contributed by atoms with Crippen LogP contribution in [0, 0.1) is 0 Å². The minimum Gasteiger partial charge on any atom is -1.00 e. The maximum Gasteiger partial charge on any atom is 0.186 e. The number of hydrogen-bond acceptors (Lipinski definition) is 2. The molecule has 0 bridgehead atoms. The standard InChI is InChI=1S/C18H20NOS.HI/c1-19-11-14-5-3-4-6-16(14)18(17(19)12-20)13-7-9-15(21-2)10-8-13;/h3-11,17-18,20H,12H2,1-2H3;1H/q+1;/p-1/t17-,18+;/m0./s1. The monoisotopic (exact) mass is 425 g/mol. The number of fused-ring (bicyclic) bond motifs is 1. The van der Waals surface area contributed by atoms with Crippen LogP contribution in [0.1, 0.15) is 22.6 Å². The lowest BCUT2D eigenvalue weighted by Crippen LogP contribution is -3.00. The second-order valence-corrected chi connectivity index (χ2v) is 6.30. The van der Waals surface area contributed by atoms with Crippen LogP contribution in [0.2, 0.25) is 0 Å². The molecule has 1 N–H and O–H groups in total. The summed E-state index contributed by atoms with van der Waals surface area (Å²) in [7, 11) is 2.04. The maximum atomic E-state index is 9.85. The molecular weight excluding hydrogens is 405 g/mol. The topological polar surface area (TPSA) is 23.2 Å². The van der Waals surface area contributed by atoms with Crippen LogP contribution >= 0.6 is 11.8 Å². The van der Waals surface area contributed by atoms with Crippen LogP contribution in [0.25, 0.3) is 0 Å². The first-order valence-electron chi connectivity index (χ1n) is 7.15. The van der Waals surface area contributed by atoms with Crippen LogP contribution in [-0.2, 0) is 0 Å². The Morgan fingerprint density at radius 2 is 1.77 bits per heavy atom. The van der Waals surface area contributed by atoms with Gasteiger partial charge < -0.3 is 29.1 Å². The number of aliphatic hydroxyl groups is 1. The molecule has 1 aliphatic heterocycles. The molecule has 0 amide bonds. The summed E-state index contributed by atoms with van der Waals surface area (Å²) in [5.41, 5.74) is 3.80. The summed E-state index contributed by atoms with van der Waals surface area (Å²) in [6, 6.07) is 17.2. The Labute approximate surface area is 153 Å². The fourth-order valence-electron chi connectivity index (χ4n) is 3.12. The normalized spacial score (nSPS) is 19.9. The van der Waals surface area contributed by atoms with E-state index in [2.05, 4.69) is 65.6 Å². The predicted octanol–water partition coefficient (Wildman–Crippen LogP) is -0.0199. The first kappa shape index (κ1) is 17.5. The predicted molar refractivity (Wildman–Crippen MR) is 88.7 cm³/mol. The van der Waals surface area contributed by atoms with Gasteiger partial charge in [-0.05, 0) is 35.6 Å². The average molecular weight is 425 g/mol. The third-order valence-electron chi connectivity index (χ3n) is 4.24. The van der Waals surface area contributed by atoms with Gasteiger partial charge in [0.05, 0.1) is 5.92 Å². The summed E-state index contributed by atoms with van der Waals surface area (Å²) in [5, 5.41) is 9.85. The fourth-order valence-corrected chi connectivity index (χ4v) is 3.52. The quantitative estimate of drug-likeness (QED) is 0.425. The van der Waals surface area contributed by atoms with Crippen LogP contribution in [-0.4, -0.2) is 41.8 Å². The molecule has 0 spiro atoms. The molecule has 22 heavy (non-hydrogen) atoms. The molecule has 2 aromatic carbocycles. The summed E-state index contributed by atoms with van der Waals surface area (Å²) >= 11 is 1.75. The highest BCUT2D eigenvalue weighted by Crippen LogP contribution is 2.34. The van der Waals surface area contributed by atoms with Gasteiger partial charge in [0.2, 0.25) is 0 Å². The smallest absolute Gasteiger partial charge is 0.186 e. The molecule has 3 rings (SSSR count).